The quantitative estimate of drug-likeness (QED) is 0.317. The monoisotopic (exact) mass is 550 g/mol. The molecule has 0 aliphatic heterocycles. The summed E-state index contributed by atoms with van der Waals surface area (Å²) in [6.45, 7) is 8.14. The summed E-state index contributed by atoms with van der Waals surface area (Å²) in [5, 5.41) is 12.9. The van der Waals surface area contributed by atoms with Gasteiger partial charge in [0.15, 0.2) is 0 Å². The standard InChI is InChI=1S/C30H38N4O4S/c1-4-11-31-39(37,38)25-8-6-7-24(15-25)28(36)33-29-32-26-10-9-22(19-35)14-27(26)34(29)30-16-20(3)12-23(18-30)13-21(5-2)17-30/h4,6-10,14-15,20-21,23,31,35H,1,5,11-13,16-19H2,2-3H3,(H,32,33,36). The first-order valence-electron chi connectivity index (χ1n) is 13.8. The summed E-state index contributed by atoms with van der Waals surface area (Å²) in [5.41, 5.74) is 2.51. The lowest BCUT2D eigenvalue weighted by Gasteiger charge is -2.51. The van der Waals surface area contributed by atoms with Gasteiger partial charge in [-0.3, -0.25) is 10.1 Å². The number of nitrogens with zero attached hydrogens (tertiary/aromatic N) is 2. The molecule has 3 N–H and O–H groups in total. The van der Waals surface area contributed by atoms with E-state index in [0.717, 1.165) is 42.3 Å². The van der Waals surface area contributed by atoms with Crippen LogP contribution in [0.5, 0.6) is 0 Å². The molecule has 2 aliphatic rings. The molecule has 2 aliphatic carbocycles. The number of sulfonamides is 1. The molecule has 2 fully saturated rings. The minimum atomic E-state index is -3.78. The van der Waals surface area contributed by atoms with E-state index < -0.39 is 15.9 Å². The zero-order valence-electron chi connectivity index (χ0n) is 22.7. The Hall–Kier alpha value is -3.01. The fourth-order valence-corrected chi connectivity index (χ4v) is 8.09. The Labute approximate surface area is 230 Å². The van der Waals surface area contributed by atoms with E-state index in [1.807, 2.05) is 18.2 Å². The van der Waals surface area contributed by atoms with E-state index in [-0.39, 0.29) is 29.1 Å². The smallest absolute Gasteiger partial charge is 0.258 e. The van der Waals surface area contributed by atoms with Crippen LogP contribution in [-0.2, 0) is 22.2 Å². The molecule has 8 nitrogen and oxygen atoms in total. The van der Waals surface area contributed by atoms with Crippen molar-refractivity contribution >= 4 is 32.9 Å². The lowest BCUT2D eigenvalue weighted by atomic mass is 9.60. The minimum Gasteiger partial charge on any atom is -0.392 e. The number of aliphatic hydroxyl groups is 1. The maximum atomic E-state index is 13.6. The molecule has 2 bridgehead atoms. The fourth-order valence-electron chi connectivity index (χ4n) is 7.04. The van der Waals surface area contributed by atoms with Gasteiger partial charge < -0.3 is 9.67 Å². The van der Waals surface area contributed by atoms with Crippen molar-refractivity contribution in [1.82, 2.24) is 14.3 Å². The van der Waals surface area contributed by atoms with Crippen LogP contribution >= 0.6 is 0 Å². The van der Waals surface area contributed by atoms with Crippen molar-refractivity contribution in [3.05, 3.63) is 66.2 Å². The Morgan fingerprint density at radius 1 is 1.21 bits per heavy atom. The first-order chi connectivity index (χ1) is 18.7. The molecule has 2 aromatic carbocycles. The molecule has 1 aromatic heterocycles. The van der Waals surface area contributed by atoms with Crippen molar-refractivity contribution in [1.29, 1.82) is 0 Å². The van der Waals surface area contributed by atoms with Crippen molar-refractivity contribution < 1.29 is 18.3 Å². The van der Waals surface area contributed by atoms with Gasteiger partial charge >= 0.3 is 0 Å². The molecule has 0 radical (unpaired) electrons. The number of aromatic nitrogens is 2. The van der Waals surface area contributed by atoms with Gasteiger partial charge in [0.2, 0.25) is 16.0 Å². The number of fused-ring (bicyclic) bond motifs is 3. The topological polar surface area (TPSA) is 113 Å². The van der Waals surface area contributed by atoms with Gasteiger partial charge in [0.25, 0.3) is 5.91 Å². The molecule has 0 spiro atoms. The molecule has 4 unspecified atom stereocenters. The number of nitrogens with one attached hydrogen (secondary N) is 2. The maximum absolute atomic E-state index is 13.6. The Morgan fingerprint density at radius 3 is 2.77 bits per heavy atom. The largest absolute Gasteiger partial charge is 0.392 e. The molecular weight excluding hydrogens is 512 g/mol. The average Bonchev–Trinajstić information content (AvgIpc) is 3.28. The highest BCUT2D eigenvalue weighted by atomic mass is 32.2. The van der Waals surface area contributed by atoms with E-state index in [0.29, 0.717) is 23.7 Å². The van der Waals surface area contributed by atoms with Crippen molar-refractivity contribution in [2.24, 2.45) is 17.8 Å². The van der Waals surface area contributed by atoms with Crippen LogP contribution in [-0.4, -0.2) is 35.5 Å². The highest BCUT2D eigenvalue weighted by molar-refractivity contribution is 7.89. The van der Waals surface area contributed by atoms with Crippen LogP contribution in [0.3, 0.4) is 0 Å². The molecule has 5 rings (SSSR count). The van der Waals surface area contributed by atoms with Gasteiger partial charge in [-0.05, 0) is 85.8 Å². The van der Waals surface area contributed by atoms with E-state index >= 15 is 0 Å². The third-order valence-corrected chi connectivity index (χ3v) is 9.89. The van der Waals surface area contributed by atoms with Gasteiger partial charge in [0, 0.05) is 17.6 Å². The van der Waals surface area contributed by atoms with Gasteiger partial charge in [-0.2, -0.15) is 0 Å². The van der Waals surface area contributed by atoms with Crippen LogP contribution < -0.4 is 10.0 Å². The summed E-state index contributed by atoms with van der Waals surface area (Å²) in [6, 6.07) is 11.7. The maximum Gasteiger partial charge on any atom is 0.258 e. The molecule has 208 valence electrons. The van der Waals surface area contributed by atoms with Crippen molar-refractivity contribution in [2.75, 3.05) is 11.9 Å². The van der Waals surface area contributed by atoms with Crippen LogP contribution in [0.25, 0.3) is 11.0 Å². The highest BCUT2D eigenvalue weighted by Gasteiger charge is 2.47. The van der Waals surface area contributed by atoms with Gasteiger partial charge in [-0.1, -0.05) is 38.5 Å². The molecule has 3 aromatic rings. The van der Waals surface area contributed by atoms with Crippen molar-refractivity contribution in [2.45, 2.75) is 69.4 Å². The van der Waals surface area contributed by atoms with Crippen LogP contribution in [0, 0.1) is 17.8 Å². The predicted octanol–water partition coefficient (Wildman–Crippen LogP) is 5.20. The van der Waals surface area contributed by atoms with E-state index in [2.05, 4.69) is 35.0 Å². The van der Waals surface area contributed by atoms with E-state index in [9.17, 15) is 18.3 Å². The molecule has 9 heteroatoms. The lowest BCUT2D eigenvalue weighted by molar-refractivity contribution is 0.0255. The number of hydrogen-bond donors (Lipinski definition) is 3. The Bertz CT molecular complexity index is 1490. The second-order valence-corrected chi connectivity index (χ2v) is 13.2. The molecule has 2 saturated carbocycles. The molecule has 4 atom stereocenters. The van der Waals surface area contributed by atoms with Gasteiger partial charge in [0.1, 0.15) is 0 Å². The number of anilines is 1. The third kappa shape index (κ3) is 5.40. The highest BCUT2D eigenvalue weighted by Crippen LogP contribution is 2.54. The molecule has 1 amide bonds. The number of aliphatic hydroxyl groups excluding tert-OH is 1. The second-order valence-electron chi connectivity index (χ2n) is 11.4. The van der Waals surface area contributed by atoms with Gasteiger partial charge in [0.05, 0.1) is 22.5 Å². The first kappa shape index (κ1) is 27.6. The summed E-state index contributed by atoms with van der Waals surface area (Å²) in [4.78, 5) is 18.4. The van der Waals surface area contributed by atoms with E-state index in [4.69, 9.17) is 4.98 Å². The van der Waals surface area contributed by atoms with Gasteiger partial charge in [-0.25, -0.2) is 18.1 Å². The zero-order valence-corrected chi connectivity index (χ0v) is 23.5. The van der Waals surface area contributed by atoms with Crippen molar-refractivity contribution in [3.63, 3.8) is 0 Å². The molecule has 0 saturated heterocycles. The Kier molecular flexibility index (Phi) is 7.68. The molecular formula is C30H38N4O4S. The SMILES string of the molecule is C=CCNS(=O)(=O)c1cccc(C(=O)Nc2nc3ccc(CO)cc3n2C23CC(C)CC(CC(CC)C2)C3)c1. The van der Waals surface area contributed by atoms with Crippen LogP contribution in [0.1, 0.15) is 68.3 Å². The predicted molar refractivity (Wildman–Crippen MR) is 153 cm³/mol. The Morgan fingerprint density at radius 2 is 2.03 bits per heavy atom. The lowest BCUT2D eigenvalue weighted by Crippen LogP contribution is -2.47. The van der Waals surface area contributed by atoms with E-state index in [1.165, 1.54) is 31.1 Å². The number of carbonyl (C=O) groups is 1. The average molecular weight is 551 g/mol. The summed E-state index contributed by atoms with van der Waals surface area (Å²) in [7, 11) is -3.78. The van der Waals surface area contributed by atoms with Crippen molar-refractivity contribution in [3.8, 4) is 0 Å². The first-order valence-corrected chi connectivity index (χ1v) is 15.3. The summed E-state index contributed by atoms with van der Waals surface area (Å²) in [5.74, 6) is 1.82. The summed E-state index contributed by atoms with van der Waals surface area (Å²) in [6.07, 6.45) is 8.09. The summed E-state index contributed by atoms with van der Waals surface area (Å²) < 4.78 is 30.0. The molecule has 1 heterocycles. The fraction of sp³-hybridized carbons (Fsp3) is 0.467. The van der Waals surface area contributed by atoms with Gasteiger partial charge in [-0.15, -0.1) is 6.58 Å². The van der Waals surface area contributed by atoms with E-state index in [1.54, 1.807) is 12.1 Å². The number of carbonyl (C=O) groups excluding carboxylic acids is 1. The number of imidazole rings is 1. The van der Waals surface area contributed by atoms with Crippen LogP contribution in [0.2, 0.25) is 0 Å². The minimum absolute atomic E-state index is 0.0127. The number of amides is 1. The number of hydrogen-bond acceptors (Lipinski definition) is 5. The summed E-state index contributed by atoms with van der Waals surface area (Å²) >= 11 is 0. The number of benzene rings is 2. The van der Waals surface area contributed by atoms with Crippen LogP contribution in [0.4, 0.5) is 5.95 Å². The Balaban J connectivity index is 1.58. The normalized spacial score (nSPS) is 24.9. The number of rotatable bonds is 9. The van der Waals surface area contributed by atoms with Crippen LogP contribution in [0.15, 0.2) is 60.0 Å². The molecule has 39 heavy (non-hydrogen) atoms. The second kappa shape index (κ2) is 10.9. The third-order valence-electron chi connectivity index (χ3n) is 8.47. The zero-order chi connectivity index (χ0) is 27.8.